The van der Waals surface area contributed by atoms with E-state index >= 15 is 0 Å². The van der Waals surface area contributed by atoms with Crippen LogP contribution in [0.1, 0.15) is 15.9 Å². The molecule has 0 unspecified atom stereocenters. The summed E-state index contributed by atoms with van der Waals surface area (Å²) in [7, 11) is 5.54. The van der Waals surface area contributed by atoms with Crippen LogP contribution in [-0.4, -0.2) is 51.6 Å². The van der Waals surface area contributed by atoms with Gasteiger partial charge in [-0.05, 0) is 74.1 Å². The van der Waals surface area contributed by atoms with Gasteiger partial charge in [-0.25, -0.2) is 0 Å². The molecule has 0 saturated carbocycles. The highest BCUT2D eigenvalue weighted by molar-refractivity contribution is 6.04. The Kier molecular flexibility index (Phi) is 8.05. The molecule has 0 aliphatic heterocycles. The Morgan fingerprint density at radius 3 is 2.33 bits per heavy atom. The maximum atomic E-state index is 12.8. The molecule has 0 fully saturated rings. The summed E-state index contributed by atoms with van der Waals surface area (Å²) in [6.45, 7) is 3.25. The third-order valence-electron chi connectivity index (χ3n) is 5.13. The van der Waals surface area contributed by atoms with Crippen molar-refractivity contribution in [1.29, 1.82) is 0 Å². The first kappa shape index (κ1) is 23.8. The highest BCUT2D eigenvalue weighted by atomic mass is 16.5. The van der Waals surface area contributed by atoms with Crippen LogP contribution in [0.15, 0.2) is 60.7 Å². The van der Waals surface area contributed by atoms with Crippen molar-refractivity contribution in [2.45, 2.75) is 6.92 Å². The highest BCUT2D eigenvalue weighted by Crippen LogP contribution is 2.31. The van der Waals surface area contributed by atoms with Gasteiger partial charge in [0.15, 0.2) is 11.5 Å². The summed E-state index contributed by atoms with van der Waals surface area (Å²) in [5, 5.41) is 5.56. The van der Waals surface area contributed by atoms with Gasteiger partial charge in [0.25, 0.3) is 5.91 Å². The second-order valence-electron chi connectivity index (χ2n) is 7.84. The number of hydrogen-bond acceptors (Lipinski definition) is 5. The fraction of sp³-hybridized carbons (Fsp3) is 0.231. The number of ether oxygens (including phenoxy) is 2. The van der Waals surface area contributed by atoms with Gasteiger partial charge in [-0.2, -0.15) is 0 Å². The number of amides is 2. The number of nitrogens with one attached hydrogen (secondary N) is 2. The summed E-state index contributed by atoms with van der Waals surface area (Å²) in [4.78, 5) is 25.4. The first-order chi connectivity index (χ1) is 15.9. The number of rotatable bonds is 10. The van der Waals surface area contributed by atoms with Gasteiger partial charge in [0.05, 0.1) is 7.11 Å². The van der Waals surface area contributed by atoms with E-state index in [0.717, 1.165) is 28.9 Å². The second-order valence-corrected chi connectivity index (χ2v) is 7.84. The minimum absolute atomic E-state index is 0.215. The number of likely N-dealkylation sites (N-methyl/N-ethyl adjacent to an activating group) is 1. The molecule has 2 N–H and O–H groups in total. The molecule has 0 atom stereocenters. The molecule has 33 heavy (non-hydrogen) atoms. The minimum Gasteiger partial charge on any atom is -0.493 e. The molecule has 2 amide bonds. The van der Waals surface area contributed by atoms with Crippen molar-refractivity contribution in [1.82, 2.24) is 4.90 Å². The van der Waals surface area contributed by atoms with E-state index in [4.69, 9.17) is 9.47 Å². The predicted molar refractivity (Wildman–Crippen MR) is 131 cm³/mol. The van der Waals surface area contributed by atoms with E-state index in [2.05, 4.69) is 10.6 Å². The fourth-order valence-corrected chi connectivity index (χ4v) is 3.36. The van der Waals surface area contributed by atoms with Crippen LogP contribution in [0.4, 0.5) is 11.4 Å². The molecule has 3 aromatic carbocycles. The van der Waals surface area contributed by atoms with Crippen molar-refractivity contribution in [3.8, 4) is 22.6 Å². The first-order valence-electron chi connectivity index (χ1n) is 10.6. The third-order valence-corrected chi connectivity index (χ3v) is 5.13. The Morgan fingerprint density at radius 2 is 1.70 bits per heavy atom. The number of hydrogen-bond donors (Lipinski definition) is 2. The van der Waals surface area contributed by atoms with E-state index in [1.165, 1.54) is 0 Å². The van der Waals surface area contributed by atoms with Crippen molar-refractivity contribution in [2.75, 3.05) is 45.0 Å². The summed E-state index contributed by atoms with van der Waals surface area (Å²) >= 11 is 0. The maximum Gasteiger partial charge on any atom is 0.255 e. The summed E-state index contributed by atoms with van der Waals surface area (Å²) in [6, 6.07) is 18.4. The second kappa shape index (κ2) is 11.2. The number of benzene rings is 3. The van der Waals surface area contributed by atoms with Crippen LogP contribution in [0.2, 0.25) is 0 Å². The molecule has 0 aromatic heterocycles. The van der Waals surface area contributed by atoms with Gasteiger partial charge in [-0.3, -0.25) is 9.59 Å². The number of aryl methyl sites for hydroxylation is 1. The third kappa shape index (κ3) is 6.33. The van der Waals surface area contributed by atoms with E-state index < -0.39 is 0 Å². The van der Waals surface area contributed by atoms with E-state index in [1.54, 1.807) is 37.4 Å². The zero-order chi connectivity index (χ0) is 23.8. The van der Waals surface area contributed by atoms with Crippen LogP contribution in [0.5, 0.6) is 11.5 Å². The smallest absolute Gasteiger partial charge is 0.255 e. The monoisotopic (exact) mass is 447 g/mol. The van der Waals surface area contributed by atoms with Gasteiger partial charge in [0.1, 0.15) is 6.61 Å². The van der Waals surface area contributed by atoms with Crippen molar-refractivity contribution in [3.05, 3.63) is 71.8 Å². The lowest BCUT2D eigenvalue weighted by atomic mass is 9.99. The Hall–Kier alpha value is -3.84. The van der Waals surface area contributed by atoms with Gasteiger partial charge in [-0.15, -0.1) is 0 Å². The van der Waals surface area contributed by atoms with Crippen LogP contribution in [0.3, 0.4) is 0 Å². The first-order valence-corrected chi connectivity index (χ1v) is 10.6. The van der Waals surface area contributed by atoms with Crippen molar-refractivity contribution < 1.29 is 19.1 Å². The normalized spacial score (nSPS) is 10.6. The summed E-state index contributed by atoms with van der Waals surface area (Å²) in [6.07, 6.45) is 0.656. The lowest BCUT2D eigenvalue weighted by molar-refractivity contribution is -0.105. The molecule has 7 nitrogen and oxygen atoms in total. The fourth-order valence-electron chi connectivity index (χ4n) is 3.36. The van der Waals surface area contributed by atoms with Crippen molar-refractivity contribution >= 4 is 23.7 Å². The standard InChI is InChI=1S/C26H29N3O4/c1-18-15-21(27-17-30)9-11-23(18)19-5-7-20(8-6-19)26(31)28-22-10-12-24(32-4)25(16-22)33-14-13-29(2)3/h5-12,15-17H,13-14H2,1-4H3,(H,27,30)(H,28,31). The van der Waals surface area contributed by atoms with Gasteiger partial charge in [0.2, 0.25) is 6.41 Å². The van der Waals surface area contributed by atoms with Crippen molar-refractivity contribution in [3.63, 3.8) is 0 Å². The molecule has 0 bridgehead atoms. The summed E-state index contributed by atoms with van der Waals surface area (Å²) < 4.78 is 11.2. The Morgan fingerprint density at radius 1 is 0.970 bits per heavy atom. The quantitative estimate of drug-likeness (QED) is 0.450. The summed E-state index contributed by atoms with van der Waals surface area (Å²) in [5.41, 5.74) is 4.96. The molecule has 172 valence electrons. The Bertz CT molecular complexity index is 1110. The molecule has 3 aromatic rings. The molecule has 0 spiro atoms. The predicted octanol–water partition coefficient (Wildman–Crippen LogP) is 4.43. The number of carbonyl (C=O) groups excluding carboxylic acids is 2. The van der Waals surface area contributed by atoms with Crippen molar-refractivity contribution in [2.24, 2.45) is 0 Å². The minimum atomic E-state index is -0.215. The molecule has 0 saturated heterocycles. The zero-order valence-corrected chi connectivity index (χ0v) is 19.3. The molecule has 0 radical (unpaired) electrons. The zero-order valence-electron chi connectivity index (χ0n) is 19.3. The Balaban J connectivity index is 1.71. The van der Waals surface area contributed by atoms with Crippen LogP contribution in [-0.2, 0) is 4.79 Å². The molecular formula is C26H29N3O4. The highest BCUT2D eigenvalue weighted by Gasteiger charge is 2.11. The maximum absolute atomic E-state index is 12.8. The van der Waals surface area contributed by atoms with Gasteiger partial charge < -0.3 is 25.0 Å². The number of nitrogens with zero attached hydrogens (tertiary/aromatic N) is 1. The molecule has 7 heteroatoms. The lowest BCUT2D eigenvalue weighted by Gasteiger charge is -2.15. The lowest BCUT2D eigenvalue weighted by Crippen LogP contribution is -2.19. The summed E-state index contributed by atoms with van der Waals surface area (Å²) in [5.74, 6) is 0.976. The van der Waals surface area contributed by atoms with Crippen LogP contribution in [0, 0.1) is 6.92 Å². The number of anilines is 2. The molecular weight excluding hydrogens is 418 g/mol. The SMILES string of the molecule is COc1ccc(NC(=O)c2ccc(-c3ccc(NC=O)cc3C)cc2)cc1OCCN(C)C. The molecule has 0 heterocycles. The molecule has 0 aliphatic rings. The van der Waals surface area contributed by atoms with Gasteiger partial charge >= 0.3 is 0 Å². The number of methoxy groups -OCH3 is 1. The topological polar surface area (TPSA) is 79.9 Å². The van der Waals surface area contributed by atoms with Gasteiger partial charge in [0, 0.05) is 29.5 Å². The van der Waals surface area contributed by atoms with E-state index in [9.17, 15) is 9.59 Å². The Labute approximate surface area is 194 Å². The molecule has 3 rings (SSSR count). The van der Waals surface area contributed by atoms with E-state index in [1.807, 2.05) is 56.3 Å². The van der Waals surface area contributed by atoms with Crippen LogP contribution < -0.4 is 20.1 Å². The number of carbonyl (C=O) groups is 2. The average Bonchev–Trinajstić information content (AvgIpc) is 2.79. The van der Waals surface area contributed by atoms with E-state index in [0.29, 0.717) is 35.8 Å². The average molecular weight is 448 g/mol. The van der Waals surface area contributed by atoms with Gasteiger partial charge in [-0.1, -0.05) is 18.2 Å². The van der Waals surface area contributed by atoms with Crippen LogP contribution >= 0.6 is 0 Å². The van der Waals surface area contributed by atoms with E-state index in [-0.39, 0.29) is 5.91 Å². The van der Waals surface area contributed by atoms with Crippen LogP contribution in [0.25, 0.3) is 11.1 Å². The molecule has 0 aliphatic carbocycles. The largest absolute Gasteiger partial charge is 0.493 e.